The summed E-state index contributed by atoms with van der Waals surface area (Å²) < 4.78 is 16.8. The third kappa shape index (κ3) is 3.72. The van der Waals surface area contributed by atoms with Crippen molar-refractivity contribution < 1.29 is 4.57 Å². The summed E-state index contributed by atoms with van der Waals surface area (Å²) in [4.78, 5) is 13.9. The lowest BCUT2D eigenvalue weighted by Crippen LogP contribution is -2.30. The molecule has 0 atom stereocenters. The van der Waals surface area contributed by atoms with Crippen molar-refractivity contribution in [1.29, 1.82) is 0 Å². The third-order valence-electron chi connectivity index (χ3n) is 6.55. The third-order valence-corrected chi connectivity index (χ3v) is 9.38. The van der Waals surface area contributed by atoms with E-state index in [1.54, 1.807) is 0 Å². The van der Waals surface area contributed by atoms with Crippen LogP contribution in [0.1, 0.15) is 11.1 Å². The van der Waals surface area contributed by atoms with Crippen molar-refractivity contribution in [2.24, 2.45) is 0 Å². The van der Waals surface area contributed by atoms with Crippen molar-refractivity contribution in [3.05, 3.63) is 128 Å². The SMILES string of the molecule is C=Cc1ccc2c(c1)c1cc(C=C)ccc1n2-c1ncnc(P(=O)(c2ccccc2)c2ccccc2)n1. The van der Waals surface area contributed by atoms with E-state index in [4.69, 9.17) is 4.98 Å². The first-order chi connectivity index (χ1) is 18.1. The molecule has 5 nitrogen and oxygen atoms in total. The van der Waals surface area contributed by atoms with Crippen molar-refractivity contribution in [1.82, 2.24) is 19.5 Å². The second-order valence-electron chi connectivity index (χ2n) is 8.66. The molecule has 0 saturated heterocycles. The van der Waals surface area contributed by atoms with Crippen molar-refractivity contribution in [3.63, 3.8) is 0 Å². The van der Waals surface area contributed by atoms with Gasteiger partial charge in [0.1, 0.15) is 6.33 Å². The van der Waals surface area contributed by atoms with Crippen molar-refractivity contribution in [2.75, 3.05) is 0 Å². The van der Waals surface area contributed by atoms with Crippen LogP contribution in [0.4, 0.5) is 0 Å². The highest BCUT2D eigenvalue weighted by Crippen LogP contribution is 2.41. The lowest BCUT2D eigenvalue weighted by Gasteiger charge is -2.18. The van der Waals surface area contributed by atoms with Gasteiger partial charge in [0.15, 0.2) is 0 Å². The monoisotopic (exact) mass is 498 g/mol. The first-order valence-electron chi connectivity index (χ1n) is 11.9. The summed E-state index contributed by atoms with van der Waals surface area (Å²) >= 11 is 0. The van der Waals surface area contributed by atoms with Crippen LogP contribution in [0.5, 0.6) is 0 Å². The van der Waals surface area contributed by atoms with Gasteiger partial charge in [-0.2, -0.15) is 4.98 Å². The molecule has 6 heteroatoms. The van der Waals surface area contributed by atoms with E-state index in [0.717, 1.165) is 32.9 Å². The number of rotatable bonds is 6. The van der Waals surface area contributed by atoms with Gasteiger partial charge in [-0.05, 0) is 35.4 Å². The van der Waals surface area contributed by atoms with Crippen LogP contribution in [-0.2, 0) is 4.57 Å². The second-order valence-corrected chi connectivity index (χ2v) is 11.3. The highest BCUT2D eigenvalue weighted by molar-refractivity contribution is 7.84. The van der Waals surface area contributed by atoms with Gasteiger partial charge >= 0.3 is 0 Å². The van der Waals surface area contributed by atoms with Crippen LogP contribution in [0, 0.1) is 0 Å². The van der Waals surface area contributed by atoms with E-state index >= 15 is 0 Å². The van der Waals surface area contributed by atoms with E-state index in [0.29, 0.717) is 16.6 Å². The highest BCUT2D eigenvalue weighted by Gasteiger charge is 2.33. The van der Waals surface area contributed by atoms with Gasteiger partial charge < -0.3 is 4.57 Å². The fourth-order valence-corrected chi connectivity index (χ4v) is 7.11. The summed E-state index contributed by atoms with van der Waals surface area (Å²) in [6.07, 6.45) is 5.11. The maximum absolute atomic E-state index is 14.8. The molecule has 0 bridgehead atoms. The van der Waals surface area contributed by atoms with Gasteiger partial charge in [0.05, 0.1) is 11.0 Å². The van der Waals surface area contributed by atoms with Gasteiger partial charge in [-0.25, -0.2) is 9.97 Å². The average molecular weight is 499 g/mol. The fraction of sp³-hybridized carbons (Fsp3) is 0. The first kappa shape index (κ1) is 22.8. The molecule has 37 heavy (non-hydrogen) atoms. The van der Waals surface area contributed by atoms with Crippen LogP contribution >= 0.6 is 7.14 Å². The Morgan fingerprint density at radius 3 is 1.68 bits per heavy atom. The van der Waals surface area contributed by atoms with Gasteiger partial charge in [0, 0.05) is 21.4 Å². The number of aromatic nitrogens is 4. The molecular weight excluding hydrogens is 475 g/mol. The Bertz CT molecular complexity index is 1730. The van der Waals surface area contributed by atoms with Crippen molar-refractivity contribution >= 4 is 57.3 Å². The Labute approximate surface area is 214 Å². The Hall–Kier alpha value is -4.60. The van der Waals surface area contributed by atoms with E-state index in [2.05, 4.69) is 35.3 Å². The first-order valence-corrected chi connectivity index (χ1v) is 13.6. The Morgan fingerprint density at radius 1 is 0.676 bits per heavy atom. The second kappa shape index (κ2) is 9.12. The molecule has 0 unspecified atom stereocenters. The molecule has 0 spiro atoms. The lowest BCUT2D eigenvalue weighted by atomic mass is 10.1. The molecule has 0 radical (unpaired) electrons. The predicted molar refractivity (Wildman–Crippen MR) is 154 cm³/mol. The molecule has 0 aliphatic heterocycles. The Balaban J connectivity index is 1.64. The highest BCUT2D eigenvalue weighted by atomic mass is 31.2. The average Bonchev–Trinajstić information content (AvgIpc) is 3.30. The zero-order valence-corrected chi connectivity index (χ0v) is 20.9. The van der Waals surface area contributed by atoms with Crippen LogP contribution in [0.2, 0.25) is 0 Å². The smallest absolute Gasteiger partial charge is 0.238 e. The van der Waals surface area contributed by atoms with Gasteiger partial charge in [0.2, 0.25) is 18.7 Å². The number of hydrogen-bond donors (Lipinski definition) is 0. The topological polar surface area (TPSA) is 60.7 Å². The lowest BCUT2D eigenvalue weighted by molar-refractivity contribution is 0.591. The molecule has 0 N–H and O–H groups in total. The number of benzene rings is 4. The molecule has 0 aliphatic carbocycles. The molecule has 0 aliphatic rings. The molecule has 178 valence electrons. The van der Waals surface area contributed by atoms with Gasteiger partial charge in [-0.1, -0.05) is 98.1 Å². The summed E-state index contributed by atoms with van der Waals surface area (Å²) in [7, 11) is -3.35. The van der Waals surface area contributed by atoms with Gasteiger partial charge in [0.25, 0.3) is 0 Å². The standard InChI is InChI=1S/C31H23N4OP/c1-3-22-15-17-28-26(19-22)27-20-23(4-2)16-18-29(27)35(28)30-32-21-33-31(34-30)37(36,24-11-7-5-8-12-24)25-13-9-6-10-14-25/h3-21H,1-2H2. The molecule has 6 rings (SSSR count). The number of hydrogen-bond acceptors (Lipinski definition) is 4. The van der Waals surface area contributed by atoms with Gasteiger partial charge in [-0.3, -0.25) is 4.57 Å². The largest absolute Gasteiger partial charge is 0.305 e. The maximum atomic E-state index is 14.8. The summed E-state index contributed by atoms with van der Waals surface area (Å²) in [5.74, 6) is 0.412. The summed E-state index contributed by atoms with van der Waals surface area (Å²) in [5.41, 5.74) is 4.16. The van der Waals surface area contributed by atoms with E-state index in [1.807, 2.05) is 102 Å². The van der Waals surface area contributed by atoms with Crippen LogP contribution < -0.4 is 16.2 Å². The van der Waals surface area contributed by atoms with E-state index in [-0.39, 0.29) is 5.57 Å². The molecule has 2 heterocycles. The minimum atomic E-state index is -3.35. The summed E-state index contributed by atoms with van der Waals surface area (Å²) in [6.45, 7) is 7.85. The fourth-order valence-electron chi connectivity index (χ4n) is 4.72. The van der Waals surface area contributed by atoms with Crippen molar-refractivity contribution in [3.8, 4) is 5.95 Å². The molecular formula is C31H23N4OP. The van der Waals surface area contributed by atoms with Crippen LogP contribution in [0.3, 0.4) is 0 Å². The number of nitrogens with zero attached hydrogens (tertiary/aromatic N) is 4. The molecule has 0 fully saturated rings. The molecule has 0 amide bonds. The van der Waals surface area contributed by atoms with E-state index in [1.165, 1.54) is 6.33 Å². The zero-order valence-electron chi connectivity index (χ0n) is 20.0. The Kier molecular flexibility index (Phi) is 5.63. The molecule has 4 aromatic carbocycles. The Morgan fingerprint density at radius 2 is 1.19 bits per heavy atom. The minimum absolute atomic E-state index is 0.246. The summed E-state index contributed by atoms with van der Waals surface area (Å²) in [6, 6.07) is 31.1. The van der Waals surface area contributed by atoms with Crippen molar-refractivity contribution in [2.45, 2.75) is 0 Å². The minimum Gasteiger partial charge on any atom is -0.305 e. The molecule has 0 saturated carbocycles. The van der Waals surface area contributed by atoms with Crippen LogP contribution in [-0.4, -0.2) is 19.5 Å². The summed E-state index contributed by atoms with van der Waals surface area (Å²) in [5, 5.41) is 3.44. The molecule has 2 aromatic heterocycles. The predicted octanol–water partition coefficient (Wildman–Crippen LogP) is 5.89. The van der Waals surface area contributed by atoms with Crippen LogP contribution in [0.25, 0.3) is 39.9 Å². The van der Waals surface area contributed by atoms with E-state index < -0.39 is 7.14 Å². The maximum Gasteiger partial charge on any atom is 0.238 e. The van der Waals surface area contributed by atoms with Crippen LogP contribution in [0.15, 0.2) is 117 Å². The quantitative estimate of drug-likeness (QED) is 0.269. The number of fused-ring (bicyclic) bond motifs is 3. The zero-order chi connectivity index (χ0) is 25.4. The molecule has 6 aromatic rings. The van der Waals surface area contributed by atoms with Gasteiger partial charge in [-0.15, -0.1) is 0 Å². The normalized spacial score (nSPS) is 11.6. The van der Waals surface area contributed by atoms with E-state index in [9.17, 15) is 4.57 Å².